The summed E-state index contributed by atoms with van der Waals surface area (Å²) >= 11 is 3.08. The molecule has 9 amide bonds. The fourth-order valence-corrected chi connectivity index (χ4v) is 17.3. The van der Waals surface area contributed by atoms with Crippen molar-refractivity contribution >= 4 is 88.6 Å². The Labute approximate surface area is 579 Å². The molecule has 3 saturated carbocycles. The summed E-state index contributed by atoms with van der Waals surface area (Å²) in [5.74, 6) is -9.04. The van der Waals surface area contributed by atoms with Gasteiger partial charge < -0.3 is 73.3 Å². The number of nitrogens with one attached hydrogen (secondary N) is 11. The molecule has 16 atom stereocenters. The summed E-state index contributed by atoms with van der Waals surface area (Å²) in [7, 11) is 0. The number of carboxylic acid groups (broad SMARTS) is 2. The number of hydrogen-bond acceptors (Lipinski definition) is 16. The summed E-state index contributed by atoms with van der Waals surface area (Å²) in [6.45, 7) is 4.23. The lowest BCUT2D eigenvalue weighted by Gasteiger charge is -2.37. The van der Waals surface area contributed by atoms with Crippen LogP contribution >= 0.6 is 23.5 Å². The van der Waals surface area contributed by atoms with E-state index in [2.05, 4.69) is 69.2 Å². The average molecular weight is 1410 g/mol. The number of halogens is 2. The maximum atomic E-state index is 15.3. The number of amides is 9. The lowest BCUT2D eigenvalue weighted by molar-refractivity contribution is -0.147. The number of aliphatic carboxylic acids is 2. The molecule has 9 rings (SSSR count). The molecule has 13 N–H and O–H groups in total. The van der Waals surface area contributed by atoms with Crippen LogP contribution in [-0.4, -0.2) is 200 Å². The Kier molecular flexibility index (Phi) is 27.6. The number of nitrogens with zero attached hydrogens (tertiary/aromatic N) is 2. The van der Waals surface area contributed by atoms with Crippen LogP contribution in [0.4, 0.5) is 8.78 Å². The first-order valence-corrected chi connectivity index (χ1v) is 37.4. The van der Waals surface area contributed by atoms with Crippen molar-refractivity contribution in [2.24, 2.45) is 29.6 Å². The Morgan fingerprint density at radius 3 is 1.83 bits per heavy atom. The molecule has 4 aliphatic heterocycles. The van der Waals surface area contributed by atoms with Gasteiger partial charge in [-0.25, -0.2) is 13.8 Å². The zero-order valence-electron chi connectivity index (χ0n) is 56.1. The minimum atomic E-state index is -1.91. The molecule has 540 valence electrons. The molecule has 0 radical (unpaired) electrons. The van der Waals surface area contributed by atoms with Gasteiger partial charge in [0.05, 0.1) is 12.7 Å². The number of carbonyl (C=O) groups excluding carboxylic acids is 9. The van der Waals surface area contributed by atoms with Crippen LogP contribution in [0.3, 0.4) is 0 Å². The second kappa shape index (κ2) is 35.9. The second-order valence-corrected chi connectivity index (χ2v) is 30.4. The van der Waals surface area contributed by atoms with Crippen LogP contribution in [0.25, 0.3) is 0 Å². The number of rotatable bonds is 13. The number of carboxylic acids is 2. The van der Waals surface area contributed by atoms with Crippen molar-refractivity contribution in [1.82, 2.24) is 68.0 Å². The summed E-state index contributed by atoms with van der Waals surface area (Å²) < 4.78 is 30.4. The number of aromatic amines is 1. The van der Waals surface area contributed by atoms with E-state index in [1.54, 1.807) is 18.7 Å². The highest BCUT2D eigenvalue weighted by Gasteiger charge is 2.49. The van der Waals surface area contributed by atoms with Crippen molar-refractivity contribution < 1.29 is 71.7 Å². The second-order valence-electron chi connectivity index (χ2n) is 28.2. The monoisotopic (exact) mass is 1410 g/mol. The van der Waals surface area contributed by atoms with E-state index in [0.29, 0.717) is 86.9 Å². The molecule has 8 unspecified atom stereocenters. The Morgan fingerprint density at radius 2 is 1.21 bits per heavy atom. The average Bonchev–Trinajstić information content (AvgIpc) is 1.60. The molecule has 0 spiro atoms. The first kappa shape index (κ1) is 75.3. The van der Waals surface area contributed by atoms with Gasteiger partial charge in [-0.05, 0) is 145 Å². The summed E-state index contributed by atoms with van der Waals surface area (Å²) in [6, 6.07) is -2.69. The molecular weight excluding hydrogens is 1310 g/mol. The van der Waals surface area contributed by atoms with Gasteiger partial charge in [0.15, 0.2) is 0 Å². The lowest BCUT2D eigenvalue weighted by Crippen LogP contribution is -2.62. The van der Waals surface area contributed by atoms with Crippen molar-refractivity contribution in [3.05, 3.63) is 53.6 Å². The number of fused-ring (bicyclic) bond motifs is 5. The highest BCUT2D eigenvalue weighted by Crippen LogP contribution is 2.40. The highest BCUT2D eigenvalue weighted by atomic mass is 32.2. The van der Waals surface area contributed by atoms with Crippen molar-refractivity contribution in [3.63, 3.8) is 0 Å². The van der Waals surface area contributed by atoms with Crippen molar-refractivity contribution in [2.45, 2.75) is 232 Å². The van der Waals surface area contributed by atoms with E-state index < -0.39 is 144 Å². The molecule has 1 aromatic heterocycles. The fourth-order valence-electron chi connectivity index (χ4n) is 15.6. The first-order chi connectivity index (χ1) is 47.0. The number of imidazole rings is 1. The van der Waals surface area contributed by atoms with Gasteiger partial charge >= 0.3 is 11.9 Å². The van der Waals surface area contributed by atoms with Crippen LogP contribution in [0.1, 0.15) is 159 Å². The van der Waals surface area contributed by atoms with Gasteiger partial charge in [0, 0.05) is 79.3 Å². The van der Waals surface area contributed by atoms with Gasteiger partial charge in [-0.2, -0.15) is 23.5 Å². The number of hydrogen-bond donors (Lipinski definition) is 13. The van der Waals surface area contributed by atoms with E-state index in [1.807, 2.05) is 18.2 Å². The van der Waals surface area contributed by atoms with Crippen LogP contribution < -0.4 is 53.2 Å². The molecule has 26 nitrogen and oxygen atoms in total. The van der Waals surface area contributed by atoms with Gasteiger partial charge in [0.2, 0.25) is 53.2 Å². The van der Waals surface area contributed by atoms with E-state index in [-0.39, 0.29) is 93.7 Å². The zero-order chi connectivity index (χ0) is 70.0. The third-order valence-corrected chi connectivity index (χ3v) is 23.1. The quantitative estimate of drug-likeness (QED) is 0.137. The lowest BCUT2D eigenvalue weighted by atomic mass is 9.76. The number of aromatic nitrogens is 2. The minimum absolute atomic E-state index is 0.0341. The smallest absolute Gasteiger partial charge is 0.305 e. The molecule has 3 aliphatic carbocycles. The van der Waals surface area contributed by atoms with Gasteiger partial charge in [0.25, 0.3) is 0 Å². The van der Waals surface area contributed by atoms with Gasteiger partial charge in [-0.1, -0.05) is 56.4 Å². The molecule has 2 bridgehead atoms. The summed E-state index contributed by atoms with van der Waals surface area (Å²) in [4.78, 5) is 165. The van der Waals surface area contributed by atoms with Gasteiger partial charge in [-0.15, -0.1) is 0 Å². The molecule has 5 heterocycles. The molecule has 2 aromatic rings. The molecule has 30 heteroatoms. The maximum Gasteiger partial charge on any atom is 0.305 e. The molecule has 6 fully saturated rings. The van der Waals surface area contributed by atoms with Gasteiger partial charge in [-0.3, -0.25) is 52.7 Å². The number of benzene rings is 1. The van der Waals surface area contributed by atoms with Crippen LogP contribution in [-0.2, 0) is 70.7 Å². The van der Waals surface area contributed by atoms with Crippen LogP contribution in [0, 0.1) is 29.6 Å². The number of H-pyrrole nitrogens is 1. The number of alkyl halides is 2. The normalized spacial score (nSPS) is 33.2. The van der Waals surface area contributed by atoms with Crippen molar-refractivity contribution in [2.75, 3.05) is 37.7 Å². The van der Waals surface area contributed by atoms with Crippen molar-refractivity contribution in [3.8, 4) is 0 Å². The Hall–Kier alpha value is -6.92. The Bertz CT molecular complexity index is 3130. The molecule has 3 saturated heterocycles. The van der Waals surface area contributed by atoms with E-state index in [1.165, 1.54) is 36.1 Å². The van der Waals surface area contributed by atoms with E-state index in [4.69, 9.17) is 0 Å². The molecular formula is C68H99F2N13O13S2. The predicted octanol–water partition coefficient (Wildman–Crippen LogP) is 2.98. The maximum absolute atomic E-state index is 15.3. The van der Waals surface area contributed by atoms with Crippen LogP contribution in [0.15, 0.2) is 36.8 Å². The largest absolute Gasteiger partial charge is 0.481 e. The van der Waals surface area contributed by atoms with E-state index >= 15 is 28.0 Å². The SMILES string of the molecule is C[C@H]1NC(=O)[C@H](CCC(=O)O)NC(=O)CCSCc2cccc(c2)CSCCNC(=O)[C@]2(C)CCCN2C(=O)[C@H](CC2CCCCC2)NC(=O)[C@H](Cc2cnc[nH]2)NC(=O)[C@H](CC(=O)O)NC(=O)[C@H](CC2CNC3CCC(F)CC23)NC(=O)[C@H](CC2CNC3CCC(F)CC23)NC1=O. The van der Waals surface area contributed by atoms with E-state index in [0.717, 1.165) is 43.2 Å². The summed E-state index contributed by atoms with van der Waals surface area (Å²) in [5, 5.41) is 48.8. The standard InChI is InChI=1S/C68H99F2N13O13S2/c1-38-60(89)78-52(26-42-32-73-49-14-12-44(69)28-47(42)49)62(91)79-53(27-43-33-74-50-15-13-45(70)29-48(43)50)63(92)81-55(31-59(87)88)65(94)80-54(30-46-34-71-37-75-46)64(93)82-56(25-39-8-4-3-5-9-39)66(95)83-21-7-19-68(83,2)67(96)72-20-23-98-36-41-11-6-10-40(24-41)35-97-22-18-57(84)77-51(61(90)76-38)16-17-58(85)86/h6,10-11,24,34,37-39,42-45,47-56,73-74H,3-5,7-9,12-23,25-33,35-36H2,1-2H3,(H,71,75)(H,72,96)(H,76,90)(H,77,84)(H,78,89)(H,79,91)(H,80,94)(H,81,92)(H,82,93)(H,85,86)(H,87,88)/t38-,42?,43?,44?,45?,47?,48?,49?,50?,51+,52+,53+,54+,55+,56+,68+/m1/s1. The Balaban J connectivity index is 1.02. The van der Waals surface area contributed by atoms with Gasteiger partial charge in [0.1, 0.15) is 60.2 Å². The zero-order valence-corrected chi connectivity index (χ0v) is 57.7. The number of thioether (sulfide) groups is 2. The summed E-state index contributed by atoms with van der Waals surface area (Å²) in [6.07, 6.45) is 5.71. The van der Waals surface area contributed by atoms with Crippen molar-refractivity contribution in [1.29, 1.82) is 0 Å². The highest BCUT2D eigenvalue weighted by molar-refractivity contribution is 7.98. The van der Waals surface area contributed by atoms with E-state index in [9.17, 15) is 43.8 Å². The fraction of sp³-hybridized carbons (Fsp3) is 0.706. The van der Waals surface area contributed by atoms with Crippen LogP contribution in [0.5, 0.6) is 0 Å². The molecule has 1 aromatic carbocycles. The molecule has 7 aliphatic rings. The number of carbonyl (C=O) groups is 11. The summed E-state index contributed by atoms with van der Waals surface area (Å²) in [5.41, 5.74) is 1.13. The molecule has 98 heavy (non-hydrogen) atoms. The Morgan fingerprint density at radius 1 is 0.643 bits per heavy atom. The topological polar surface area (TPSA) is 380 Å². The predicted molar refractivity (Wildman–Crippen MR) is 362 cm³/mol. The third-order valence-electron chi connectivity index (χ3n) is 21.0. The first-order valence-electron chi connectivity index (χ1n) is 35.1. The minimum Gasteiger partial charge on any atom is -0.481 e. The third kappa shape index (κ3) is 21.1. The van der Waals surface area contributed by atoms with Crippen LogP contribution in [0.2, 0.25) is 0 Å².